The van der Waals surface area contributed by atoms with Crippen molar-refractivity contribution in [2.75, 3.05) is 7.11 Å². The number of thiophene rings is 1. The van der Waals surface area contributed by atoms with Crippen molar-refractivity contribution in [1.29, 1.82) is 0 Å². The first kappa shape index (κ1) is 19.1. The number of methoxy groups -OCH3 is 1. The summed E-state index contributed by atoms with van der Waals surface area (Å²) in [6.45, 7) is 0. The summed E-state index contributed by atoms with van der Waals surface area (Å²) >= 11 is 0.877. The Morgan fingerprint density at radius 1 is 1.33 bits per heavy atom. The van der Waals surface area contributed by atoms with Crippen LogP contribution in [-0.4, -0.2) is 25.4 Å². The highest BCUT2D eigenvalue weighted by Crippen LogP contribution is 2.35. The molecule has 0 aliphatic rings. The van der Waals surface area contributed by atoms with Crippen LogP contribution in [0, 0.1) is 15.9 Å². The van der Waals surface area contributed by atoms with Gasteiger partial charge >= 0.3 is 0 Å². The van der Waals surface area contributed by atoms with Crippen molar-refractivity contribution in [2.45, 2.75) is 10.5 Å². The number of primary sulfonamides is 1. The van der Waals surface area contributed by atoms with E-state index >= 15 is 0 Å². The monoisotopic (exact) mass is 413 g/mol. The van der Waals surface area contributed by atoms with E-state index in [1.54, 1.807) is 0 Å². The zero-order valence-electron chi connectivity index (χ0n) is 13.7. The number of fused-ring (bicyclic) bond motifs is 1. The van der Waals surface area contributed by atoms with Crippen molar-refractivity contribution in [3.05, 3.63) is 58.0 Å². The molecule has 142 valence electrons. The molecule has 1 aromatic carbocycles. The molecule has 1 atom stereocenters. The summed E-state index contributed by atoms with van der Waals surface area (Å²) in [5.41, 5.74) is 0.340. The van der Waals surface area contributed by atoms with Gasteiger partial charge in [-0.2, -0.15) is 0 Å². The van der Waals surface area contributed by atoms with Crippen LogP contribution in [-0.2, 0) is 14.8 Å². The van der Waals surface area contributed by atoms with Crippen LogP contribution >= 0.6 is 11.3 Å². The molecule has 0 bridgehead atoms. The van der Waals surface area contributed by atoms with Gasteiger partial charge in [0.2, 0.25) is 16.3 Å². The molecule has 1 unspecified atom stereocenters. The number of aromatic nitrogens is 1. The van der Waals surface area contributed by atoms with E-state index in [1.165, 1.54) is 25.4 Å². The number of halogens is 1. The lowest BCUT2D eigenvalue weighted by atomic mass is 10.2. The minimum atomic E-state index is -3.92. The molecule has 0 spiro atoms. The standard InChI is InChI=1S/C15H12FN3O6S2/c1-24-15(25-12-3-2-8(19(20)21)6-10(12)16)9-4-5-18-11-7-13(26-14(9)11)27(17,22)23/h2-7,15H,1H3,(H2,17,22,23). The van der Waals surface area contributed by atoms with Gasteiger partial charge < -0.3 is 9.47 Å². The van der Waals surface area contributed by atoms with E-state index in [4.69, 9.17) is 14.6 Å². The number of nitrogens with zero attached hydrogens (tertiary/aromatic N) is 2. The fraction of sp³-hybridized carbons (Fsp3) is 0.133. The van der Waals surface area contributed by atoms with Gasteiger partial charge in [0.25, 0.3) is 5.69 Å². The van der Waals surface area contributed by atoms with Crippen molar-refractivity contribution in [2.24, 2.45) is 5.14 Å². The maximum absolute atomic E-state index is 14.1. The molecule has 2 heterocycles. The molecule has 0 amide bonds. The molecule has 0 fully saturated rings. The summed E-state index contributed by atoms with van der Waals surface area (Å²) in [6, 6.07) is 5.79. The summed E-state index contributed by atoms with van der Waals surface area (Å²) in [5.74, 6) is -1.20. The average molecular weight is 413 g/mol. The Bertz CT molecular complexity index is 1130. The van der Waals surface area contributed by atoms with Crippen molar-refractivity contribution in [3.8, 4) is 5.75 Å². The van der Waals surface area contributed by atoms with Crippen LogP contribution in [0.3, 0.4) is 0 Å². The van der Waals surface area contributed by atoms with E-state index in [0.717, 1.165) is 29.5 Å². The third-order valence-corrected chi connectivity index (χ3v) is 6.12. The van der Waals surface area contributed by atoms with Crippen LogP contribution in [0.5, 0.6) is 5.75 Å². The number of benzene rings is 1. The maximum Gasteiger partial charge on any atom is 0.272 e. The van der Waals surface area contributed by atoms with E-state index in [0.29, 0.717) is 15.8 Å². The van der Waals surface area contributed by atoms with Gasteiger partial charge in [-0.25, -0.2) is 17.9 Å². The number of sulfonamides is 1. The number of nitrogens with two attached hydrogens (primary N) is 1. The molecule has 0 saturated carbocycles. The van der Waals surface area contributed by atoms with Gasteiger partial charge in [0.1, 0.15) is 4.21 Å². The number of nitro benzene ring substituents is 1. The molecular formula is C15H12FN3O6S2. The normalized spacial score (nSPS) is 12.9. The van der Waals surface area contributed by atoms with Crippen LogP contribution in [0.1, 0.15) is 11.9 Å². The number of hydrogen-bond acceptors (Lipinski definition) is 8. The highest BCUT2D eigenvalue weighted by molar-refractivity contribution is 7.91. The van der Waals surface area contributed by atoms with Crippen LogP contribution in [0.15, 0.2) is 40.7 Å². The Balaban J connectivity index is 2.01. The third-order valence-electron chi connectivity index (χ3n) is 3.53. The molecule has 3 aromatic rings. The Morgan fingerprint density at radius 2 is 2.07 bits per heavy atom. The molecular weight excluding hydrogens is 401 g/mol. The smallest absolute Gasteiger partial charge is 0.272 e. The first-order chi connectivity index (χ1) is 12.7. The second-order valence-electron chi connectivity index (χ2n) is 5.28. The Labute approximate surface area is 156 Å². The Kier molecular flexibility index (Phi) is 5.06. The number of rotatable bonds is 6. The SMILES string of the molecule is COC(Oc1ccc([N+](=O)[O-])cc1F)c1ccnc2cc(S(N)(=O)=O)sc12. The quantitative estimate of drug-likeness (QED) is 0.373. The summed E-state index contributed by atoms with van der Waals surface area (Å²) in [7, 11) is -2.61. The third kappa shape index (κ3) is 3.88. The van der Waals surface area contributed by atoms with Gasteiger partial charge in [-0.1, -0.05) is 0 Å². The molecule has 0 saturated heterocycles. The van der Waals surface area contributed by atoms with E-state index in [2.05, 4.69) is 4.98 Å². The number of nitro groups is 1. The molecule has 0 radical (unpaired) electrons. The molecule has 9 nitrogen and oxygen atoms in total. The fourth-order valence-corrected chi connectivity index (χ4v) is 4.17. The maximum atomic E-state index is 14.1. The fourth-order valence-electron chi connectivity index (χ4n) is 2.31. The van der Waals surface area contributed by atoms with Gasteiger partial charge in [0.15, 0.2) is 11.6 Å². The van der Waals surface area contributed by atoms with Crippen molar-refractivity contribution in [3.63, 3.8) is 0 Å². The molecule has 2 N–H and O–H groups in total. The largest absolute Gasteiger partial charge is 0.457 e. The lowest BCUT2D eigenvalue weighted by molar-refractivity contribution is -0.385. The highest BCUT2D eigenvalue weighted by atomic mass is 32.2. The van der Waals surface area contributed by atoms with Gasteiger partial charge in [0, 0.05) is 24.9 Å². The average Bonchev–Trinajstić information content (AvgIpc) is 3.05. The molecule has 3 rings (SSSR count). The number of pyridine rings is 1. The van der Waals surface area contributed by atoms with Crippen molar-refractivity contribution in [1.82, 2.24) is 4.98 Å². The van der Waals surface area contributed by atoms with E-state index in [1.807, 2.05) is 0 Å². The number of non-ortho nitro benzene ring substituents is 1. The van der Waals surface area contributed by atoms with Crippen LogP contribution < -0.4 is 9.88 Å². The molecule has 27 heavy (non-hydrogen) atoms. The first-order valence-corrected chi connectivity index (χ1v) is 9.61. The minimum Gasteiger partial charge on any atom is -0.457 e. The van der Waals surface area contributed by atoms with Gasteiger partial charge in [-0.15, -0.1) is 11.3 Å². The van der Waals surface area contributed by atoms with Crippen LogP contribution in [0.2, 0.25) is 0 Å². The molecule has 0 aliphatic heterocycles. The number of hydrogen-bond donors (Lipinski definition) is 1. The summed E-state index contributed by atoms with van der Waals surface area (Å²) in [5, 5.41) is 15.9. The predicted octanol–water partition coefficient (Wildman–Crippen LogP) is 2.72. The van der Waals surface area contributed by atoms with E-state index in [9.17, 15) is 22.9 Å². The van der Waals surface area contributed by atoms with Crippen molar-refractivity contribution >= 4 is 37.3 Å². The number of ether oxygens (including phenoxy) is 2. The van der Waals surface area contributed by atoms with E-state index < -0.39 is 32.7 Å². The van der Waals surface area contributed by atoms with E-state index in [-0.39, 0.29) is 9.96 Å². The van der Waals surface area contributed by atoms with Crippen LogP contribution in [0.4, 0.5) is 10.1 Å². The summed E-state index contributed by atoms with van der Waals surface area (Å²) < 4.78 is 48.3. The second-order valence-corrected chi connectivity index (χ2v) is 8.12. The summed E-state index contributed by atoms with van der Waals surface area (Å²) in [6.07, 6.45) is 0.303. The van der Waals surface area contributed by atoms with Gasteiger partial charge in [-0.05, 0) is 18.2 Å². The van der Waals surface area contributed by atoms with Gasteiger partial charge in [0.05, 0.1) is 21.2 Å². The Morgan fingerprint density at radius 3 is 2.67 bits per heavy atom. The molecule has 2 aromatic heterocycles. The minimum absolute atomic E-state index is 0.0891. The van der Waals surface area contributed by atoms with Gasteiger partial charge in [-0.3, -0.25) is 15.1 Å². The lowest BCUT2D eigenvalue weighted by Crippen LogP contribution is -2.11. The topological polar surface area (TPSA) is 135 Å². The van der Waals surface area contributed by atoms with Crippen LogP contribution in [0.25, 0.3) is 10.2 Å². The Hall–Kier alpha value is -2.67. The van der Waals surface area contributed by atoms with Crippen molar-refractivity contribution < 1.29 is 27.2 Å². The molecule has 0 aliphatic carbocycles. The zero-order chi connectivity index (χ0) is 19.8. The second kappa shape index (κ2) is 7.15. The zero-order valence-corrected chi connectivity index (χ0v) is 15.3. The summed E-state index contributed by atoms with van der Waals surface area (Å²) in [4.78, 5) is 14.1. The highest BCUT2D eigenvalue weighted by Gasteiger charge is 2.22. The first-order valence-electron chi connectivity index (χ1n) is 7.25. The molecule has 12 heteroatoms. The lowest BCUT2D eigenvalue weighted by Gasteiger charge is -2.18. The predicted molar refractivity (Wildman–Crippen MR) is 94.4 cm³/mol.